The zero-order chi connectivity index (χ0) is 11.4. The van der Waals surface area contributed by atoms with Gasteiger partial charge in [0.15, 0.2) is 5.16 Å². The Labute approximate surface area is 99.1 Å². The molecule has 1 heterocycles. The number of aromatic nitrogens is 2. The minimum absolute atomic E-state index is 0.523. The van der Waals surface area contributed by atoms with Gasteiger partial charge in [0, 0.05) is 18.3 Å². The van der Waals surface area contributed by atoms with E-state index in [2.05, 4.69) is 9.97 Å². The van der Waals surface area contributed by atoms with Crippen molar-refractivity contribution in [3.05, 3.63) is 42.1 Å². The van der Waals surface area contributed by atoms with Crippen LogP contribution < -0.4 is 5.73 Å². The summed E-state index contributed by atoms with van der Waals surface area (Å²) in [6, 6.07) is 9.96. The highest BCUT2D eigenvalue weighted by molar-refractivity contribution is 7.98. The number of benzene rings is 1. The van der Waals surface area contributed by atoms with Crippen molar-refractivity contribution in [3.63, 3.8) is 0 Å². The third-order valence-corrected chi connectivity index (χ3v) is 2.89. The summed E-state index contributed by atoms with van der Waals surface area (Å²) in [5, 5.41) is 0.782. The molecule has 1 aromatic carbocycles. The van der Waals surface area contributed by atoms with E-state index >= 15 is 0 Å². The van der Waals surface area contributed by atoms with Gasteiger partial charge < -0.3 is 5.73 Å². The van der Waals surface area contributed by atoms with E-state index in [4.69, 9.17) is 5.73 Å². The van der Waals surface area contributed by atoms with Crippen LogP contribution in [0, 0.1) is 0 Å². The van der Waals surface area contributed by atoms with Gasteiger partial charge in [-0.1, -0.05) is 36.0 Å². The van der Waals surface area contributed by atoms with Gasteiger partial charge in [0.25, 0.3) is 0 Å². The van der Waals surface area contributed by atoms with Crippen LogP contribution in [-0.4, -0.2) is 16.2 Å². The third-order valence-electron chi connectivity index (χ3n) is 2.33. The molecular weight excluding hydrogens is 218 g/mol. The van der Waals surface area contributed by atoms with Gasteiger partial charge in [0.1, 0.15) is 0 Å². The molecule has 0 bridgehead atoms. The smallest absolute Gasteiger partial charge is 0.187 e. The predicted molar refractivity (Wildman–Crippen MR) is 67.1 cm³/mol. The van der Waals surface area contributed by atoms with Crippen molar-refractivity contribution in [2.75, 3.05) is 6.26 Å². The van der Waals surface area contributed by atoms with E-state index < -0.39 is 0 Å². The maximum atomic E-state index is 5.71. The van der Waals surface area contributed by atoms with Gasteiger partial charge in [-0.25, -0.2) is 9.97 Å². The number of hydrogen-bond acceptors (Lipinski definition) is 4. The van der Waals surface area contributed by atoms with Crippen LogP contribution in [0.4, 0.5) is 0 Å². The molecule has 2 N–H and O–H groups in total. The Bertz CT molecular complexity index is 485. The Hall–Kier alpha value is -1.39. The highest BCUT2D eigenvalue weighted by atomic mass is 32.2. The zero-order valence-corrected chi connectivity index (χ0v) is 9.87. The summed E-state index contributed by atoms with van der Waals surface area (Å²) in [6.07, 6.45) is 3.75. The SMILES string of the molecule is CSc1nccc(-c2ccccc2CN)n1. The molecule has 82 valence electrons. The van der Waals surface area contributed by atoms with E-state index in [-0.39, 0.29) is 0 Å². The lowest BCUT2D eigenvalue weighted by atomic mass is 10.0. The summed E-state index contributed by atoms with van der Waals surface area (Å²) in [7, 11) is 0. The average Bonchev–Trinajstić information content (AvgIpc) is 2.38. The normalized spacial score (nSPS) is 10.4. The molecule has 0 spiro atoms. The van der Waals surface area contributed by atoms with Crippen molar-refractivity contribution in [1.29, 1.82) is 0 Å². The van der Waals surface area contributed by atoms with Crippen LogP contribution in [0.3, 0.4) is 0 Å². The first-order valence-corrected chi connectivity index (χ1v) is 6.23. The van der Waals surface area contributed by atoms with E-state index in [9.17, 15) is 0 Å². The lowest BCUT2D eigenvalue weighted by Gasteiger charge is -2.07. The standard InChI is InChI=1S/C12H13N3S/c1-16-12-14-7-6-11(15-12)10-5-3-2-4-9(10)8-13/h2-7H,8,13H2,1H3. The van der Waals surface area contributed by atoms with Crippen molar-refractivity contribution in [2.24, 2.45) is 5.73 Å². The molecule has 0 saturated heterocycles. The highest BCUT2D eigenvalue weighted by Gasteiger charge is 2.05. The number of nitrogens with two attached hydrogens (primary N) is 1. The predicted octanol–water partition coefficient (Wildman–Crippen LogP) is 2.32. The quantitative estimate of drug-likeness (QED) is 0.650. The van der Waals surface area contributed by atoms with Gasteiger partial charge in [-0.05, 0) is 17.9 Å². The number of thioether (sulfide) groups is 1. The van der Waals surface area contributed by atoms with Crippen molar-refractivity contribution in [2.45, 2.75) is 11.7 Å². The van der Waals surface area contributed by atoms with Crippen LogP contribution in [0.15, 0.2) is 41.7 Å². The van der Waals surface area contributed by atoms with Crippen molar-refractivity contribution in [3.8, 4) is 11.3 Å². The third kappa shape index (κ3) is 2.23. The summed E-state index contributed by atoms with van der Waals surface area (Å²) in [6.45, 7) is 0.523. The van der Waals surface area contributed by atoms with Crippen molar-refractivity contribution >= 4 is 11.8 Å². The van der Waals surface area contributed by atoms with E-state index in [0.29, 0.717) is 6.54 Å². The lowest BCUT2D eigenvalue weighted by Crippen LogP contribution is -2.00. The maximum Gasteiger partial charge on any atom is 0.187 e. The fourth-order valence-corrected chi connectivity index (χ4v) is 1.89. The summed E-state index contributed by atoms with van der Waals surface area (Å²) in [5.74, 6) is 0. The second-order valence-electron chi connectivity index (χ2n) is 3.29. The average molecular weight is 231 g/mol. The van der Waals surface area contributed by atoms with Crippen LogP contribution in [0.1, 0.15) is 5.56 Å². The first kappa shape index (κ1) is 11.1. The Morgan fingerprint density at radius 2 is 2.06 bits per heavy atom. The van der Waals surface area contributed by atoms with Crippen LogP contribution in [0.2, 0.25) is 0 Å². The lowest BCUT2D eigenvalue weighted by molar-refractivity contribution is 0.970. The van der Waals surface area contributed by atoms with Gasteiger partial charge in [-0.3, -0.25) is 0 Å². The monoisotopic (exact) mass is 231 g/mol. The molecule has 4 heteroatoms. The molecule has 16 heavy (non-hydrogen) atoms. The first-order valence-electron chi connectivity index (χ1n) is 5.00. The van der Waals surface area contributed by atoms with Gasteiger partial charge in [0.2, 0.25) is 0 Å². The first-order chi connectivity index (χ1) is 7.85. The molecule has 0 saturated carbocycles. The topological polar surface area (TPSA) is 51.8 Å². The molecule has 0 radical (unpaired) electrons. The number of rotatable bonds is 3. The Kier molecular flexibility index (Phi) is 3.54. The van der Waals surface area contributed by atoms with Crippen LogP contribution in [0.5, 0.6) is 0 Å². The fourth-order valence-electron chi connectivity index (χ4n) is 1.54. The summed E-state index contributed by atoms with van der Waals surface area (Å²) < 4.78 is 0. The summed E-state index contributed by atoms with van der Waals surface area (Å²) in [4.78, 5) is 8.63. The molecule has 0 atom stereocenters. The fraction of sp³-hybridized carbons (Fsp3) is 0.167. The van der Waals surface area contributed by atoms with Crippen LogP contribution in [0.25, 0.3) is 11.3 Å². The molecule has 0 amide bonds. The Balaban J connectivity index is 2.49. The molecule has 0 aliphatic heterocycles. The van der Waals surface area contributed by atoms with Crippen LogP contribution in [-0.2, 0) is 6.54 Å². The molecule has 1 aromatic heterocycles. The van der Waals surface area contributed by atoms with Crippen molar-refractivity contribution in [1.82, 2.24) is 9.97 Å². The van der Waals surface area contributed by atoms with Crippen molar-refractivity contribution < 1.29 is 0 Å². The number of hydrogen-bond donors (Lipinski definition) is 1. The molecule has 0 fully saturated rings. The van der Waals surface area contributed by atoms with E-state index in [1.165, 1.54) is 11.8 Å². The van der Waals surface area contributed by atoms with E-state index in [1.54, 1.807) is 6.20 Å². The molecule has 3 nitrogen and oxygen atoms in total. The van der Waals surface area contributed by atoms with E-state index in [1.807, 2.05) is 36.6 Å². The summed E-state index contributed by atoms with van der Waals surface area (Å²) in [5.41, 5.74) is 8.83. The van der Waals surface area contributed by atoms with Crippen LogP contribution >= 0.6 is 11.8 Å². The highest BCUT2D eigenvalue weighted by Crippen LogP contribution is 2.22. The Morgan fingerprint density at radius 3 is 2.81 bits per heavy atom. The number of nitrogens with zero attached hydrogens (tertiary/aromatic N) is 2. The molecule has 2 aromatic rings. The second kappa shape index (κ2) is 5.09. The largest absolute Gasteiger partial charge is 0.326 e. The minimum Gasteiger partial charge on any atom is -0.326 e. The molecular formula is C12H13N3S. The summed E-state index contributed by atoms with van der Waals surface area (Å²) >= 11 is 1.54. The molecule has 0 aliphatic carbocycles. The molecule has 0 aliphatic rings. The van der Waals surface area contributed by atoms with Gasteiger partial charge in [-0.2, -0.15) is 0 Å². The second-order valence-corrected chi connectivity index (χ2v) is 4.06. The van der Waals surface area contributed by atoms with E-state index in [0.717, 1.165) is 22.0 Å². The molecule has 0 unspecified atom stereocenters. The Morgan fingerprint density at radius 1 is 1.25 bits per heavy atom. The minimum atomic E-state index is 0.523. The zero-order valence-electron chi connectivity index (χ0n) is 9.05. The van der Waals surface area contributed by atoms with Gasteiger partial charge in [-0.15, -0.1) is 0 Å². The maximum absolute atomic E-state index is 5.71. The van der Waals surface area contributed by atoms with Gasteiger partial charge >= 0.3 is 0 Å². The molecule has 2 rings (SSSR count). The van der Waals surface area contributed by atoms with Gasteiger partial charge in [0.05, 0.1) is 5.69 Å².